The van der Waals surface area contributed by atoms with Crippen LogP contribution in [0, 0.1) is 6.92 Å². The molecule has 0 aliphatic heterocycles. The predicted octanol–water partition coefficient (Wildman–Crippen LogP) is 4.36. The van der Waals surface area contributed by atoms with Crippen LogP contribution in [-0.2, 0) is 10.0 Å². The number of hydrogen-bond acceptors (Lipinski definition) is 4. The first-order valence-electron chi connectivity index (χ1n) is 6.83. The maximum absolute atomic E-state index is 12.7. The van der Waals surface area contributed by atoms with Gasteiger partial charge in [-0.05, 0) is 42.1 Å². The Morgan fingerprint density at radius 1 is 1.21 bits per heavy atom. The number of hydrogen-bond donors (Lipinski definition) is 2. The van der Waals surface area contributed by atoms with Gasteiger partial charge in [-0.2, -0.15) is 0 Å². The average Bonchev–Trinajstić information content (AvgIpc) is 2.87. The summed E-state index contributed by atoms with van der Waals surface area (Å²) >= 11 is 7.23. The fourth-order valence-electron chi connectivity index (χ4n) is 2.36. The third-order valence-electron chi connectivity index (χ3n) is 3.48. The third kappa shape index (κ3) is 2.98. The first kappa shape index (κ1) is 16.8. The summed E-state index contributed by atoms with van der Waals surface area (Å²) in [5.74, 6) is -1.12. The molecule has 3 aromatic rings. The van der Waals surface area contributed by atoms with E-state index < -0.39 is 16.0 Å². The minimum absolute atomic E-state index is 0.00584. The zero-order valence-electron chi connectivity index (χ0n) is 12.4. The number of carbonyl (C=O) groups is 1. The number of aryl methyl sites for hydroxylation is 1. The molecule has 0 saturated heterocycles. The van der Waals surface area contributed by atoms with Crippen LogP contribution < -0.4 is 4.72 Å². The van der Waals surface area contributed by atoms with Gasteiger partial charge in [0.15, 0.2) is 0 Å². The van der Waals surface area contributed by atoms with E-state index in [1.165, 1.54) is 24.3 Å². The Kier molecular flexibility index (Phi) is 4.25. The van der Waals surface area contributed by atoms with Crippen LogP contribution in [-0.4, -0.2) is 19.5 Å². The molecule has 0 aliphatic carbocycles. The van der Waals surface area contributed by atoms with E-state index in [0.29, 0.717) is 15.3 Å². The van der Waals surface area contributed by atoms with Gasteiger partial charge in [0.05, 0.1) is 15.3 Å². The summed E-state index contributed by atoms with van der Waals surface area (Å²) in [4.78, 5) is 11.0. The Balaban J connectivity index is 2.06. The first-order valence-corrected chi connectivity index (χ1v) is 9.51. The molecule has 5 nitrogen and oxygen atoms in total. The molecule has 1 heterocycles. The van der Waals surface area contributed by atoms with Crippen molar-refractivity contribution in [2.75, 3.05) is 4.72 Å². The minimum Gasteiger partial charge on any atom is -0.478 e. The van der Waals surface area contributed by atoms with Crippen molar-refractivity contribution in [2.45, 2.75) is 11.1 Å². The number of sulfonamides is 1. The maximum atomic E-state index is 12.7. The summed E-state index contributed by atoms with van der Waals surface area (Å²) in [7, 11) is -3.85. The highest BCUT2D eigenvalue weighted by atomic mass is 35.5. The summed E-state index contributed by atoms with van der Waals surface area (Å²) in [6, 6.07) is 10.9. The highest BCUT2D eigenvalue weighted by molar-refractivity contribution is 7.94. The van der Waals surface area contributed by atoms with Crippen LogP contribution in [0.4, 0.5) is 5.69 Å². The molecule has 3 rings (SSSR count). The highest BCUT2D eigenvalue weighted by Gasteiger charge is 2.23. The fraction of sp³-hybridized carbons (Fsp3) is 0.0625. The van der Waals surface area contributed by atoms with Crippen molar-refractivity contribution in [1.82, 2.24) is 0 Å². The number of benzene rings is 2. The molecule has 124 valence electrons. The SMILES string of the molecule is Cc1c(S(=O)(=O)Nc2cccc(C(=O)O)c2)sc2c(Cl)cccc12. The second kappa shape index (κ2) is 6.08. The van der Waals surface area contributed by atoms with Gasteiger partial charge in [0, 0.05) is 5.69 Å². The van der Waals surface area contributed by atoms with E-state index in [1.807, 2.05) is 6.07 Å². The largest absolute Gasteiger partial charge is 0.478 e. The number of carboxylic acids is 1. The van der Waals surface area contributed by atoms with Crippen molar-refractivity contribution in [3.63, 3.8) is 0 Å². The van der Waals surface area contributed by atoms with Gasteiger partial charge in [-0.25, -0.2) is 13.2 Å². The molecule has 0 atom stereocenters. The standard InChI is InChI=1S/C16H12ClNO4S2/c1-9-12-6-3-7-13(17)14(12)23-16(9)24(21,22)18-11-5-2-4-10(8-11)15(19)20/h2-8,18H,1H3,(H,19,20). The van der Waals surface area contributed by atoms with Crippen molar-refractivity contribution in [3.05, 3.63) is 58.6 Å². The van der Waals surface area contributed by atoms with Crippen LogP contribution in [0.25, 0.3) is 10.1 Å². The number of aromatic carboxylic acids is 1. The van der Waals surface area contributed by atoms with Crippen LogP contribution in [0.5, 0.6) is 0 Å². The number of rotatable bonds is 4. The molecule has 0 fully saturated rings. The van der Waals surface area contributed by atoms with E-state index in [9.17, 15) is 13.2 Å². The summed E-state index contributed by atoms with van der Waals surface area (Å²) in [5.41, 5.74) is 0.809. The molecule has 0 spiro atoms. The fourth-order valence-corrected chi connectivity index (χ4v) is 5.45. The molecule has 0 aliphatic rings. The minimum atomic E-state index is -3.85. The number of fused-ring (bicyclic) bond motifs is 1. The predicted molar refractivity (Wildman–Crippen MR) is 95.8 cm³/mol. The lowest BCUT2D eigenvalue weighted by Gasteiger charge is -2.08. The van der Waals surface area contributed by atoms with E-state index in [4.69, 9.17) is 16.7 Å². The van der Waals surface area contributed by atoms with Gasteiger partial charge in [-0.3, -0.25) is 4.72 Å². The second-order valence-corrected chi connectivity index (χ2v) is 8.43. The van der Waals surface area contributed by atoms with Crippen molar-refractivity contribution in [2.24, 2.45) is 0 Å². The Hall–Kier alpha value is -2.09. The second-order valence-electron chi connectivity index (χ2n) is 5.12. The third-order valence-corrected chi connectivity index (χ3v) is 7.25. The zero-order chi connectivity index (χ0) is 17.5. The monoisotopic (exact) mass is 381 g/mol. The molecular weight excluding hydrogens is 370 g/mol. The lowest BCUT2D eigenvalue weighted by atomic mass is 10.2. The zero-order valence-corrected chi connectivity index (χ0v) is 14.8. The maximum Gasteiger partial charge on any atom is 0.335 e. The van der Waals surface area contributed by atoms with Crippen molar-refractivity contribution in [3.8, 4) is 0 Å². The molecule has 0 saturated carbocycles. The lowest BCUT2D eigenvalue weighted by Crippen LogP contribution is -2.13. The van der Waals surface area contributed by atoms with Crippen LogP contribution in [0.1, 0.15) is 15.9 Å². The Morgan fingerprint density at radius 3 is 2.58 bits per heavy atom. The molecule has 2 aromatic carbocycles. The van der Waals surface area contributed by atoms with Crippen molar-refractivity contribution < 1.29 is 18.3 Å². The van der Waals surface area contributed by atoms with E-state index in [-0.39, 0.29) is 15.5 Å². The summed E-state index contributed by atoms with van der Waals surface area (Å²) in [6.07, 6.45) is 0. The van der Waals surface area contributed by atoms with Crippen LogP contribution in [0.15, 0.2) is 46.7 Å². The van der Waals surface area contributed by atoms with Crippen molar-refractivity contribution in [1.29, 1.82) is 0 Å². The molecule has 0 unspecified atom stereocenters. The van der Waals surface area contributed by atoms with Gasteiger partial charge in [0.2, 0.25) is 0 Å². The molecule has 0 radical (unpaired) electrons. The highest BCUT2D eigenvalue weighted by Crippen LogP contribution is 2.38. The van der Waals surface area contributed by atoms with Gasteiger partial charge in [-0.15, -0.1) is 11.3 Å². The lowest BCUT2D eigenvalue weighted by molar-refractivity contribution is 0.0697. The number of halogens is 1. The Morgan fingerprint density at radius 2 is 1.92 bits per heavy atom. The first-order chi connectivity index (χ1) is 11.3. The topological polar surface area (TPSA) is 83.5 Å². The molecule has 8 heteroatoms. The van der Waals surface area contributed by atoms with Gasteiger partial charge in [0.1, 0.15) is 4.21 Å². The normalized spacial score (nSPS) is 11.6. The van der Waals surface area contributed by atoms with E-state index in [0.717, 1.165) is 16.7 Å². The van der Waals surface area contributed by atoms with E-state index >= 15 is 0 Å². The summed E-state index contributed by atoms with van der Waals surface area (Å²) in [5, 5.41) is 10.3. The number of nitrogens with one attached hydrogen (secondary N) is 1. The molecule has 0 bridgehead atoms. The molecule has 1 aromatic heterocycles. The smallest absolute Gasteiger partial charge is 0.335 e. The van der Waals surface area contributed by atoms with E-state index in [2.05, 4.69) is 4.72 Å². The Labute approximate surface area is 147 Å². The Bertz CT molecular complexity index is 1060. The summed E-state index contributed by atoms with van der Waals surface area (Å²) in [6.45, 7) is 1.72. The molecule has 0 amide bonds. The van der Waals surface area contributed by atoms with Crippen LogP contribution >= 0.6 is 22.9 Å². The number of thiophene rings is 1. The number of carboxylic acid groups (broad SMARTS) is 1. The van der Waals surface area contributed by atoms with E-state index in [1.54, 1.807) is 19.1 Å². The summed E-state index contributed by atoms with van der Waals surface area (Å²) < 4.78 is 28.7. The molecule has 24 heavy (non-hydrogen) atoms. The van der Waals surface area contributed by atoms with Gasteiger partial charge in [-0.1, -0.05) is 29.8 Å². The van der Waals surface area contributed by atoms with Crippen LogP contribution in [0.2, 0.25) is 5.02 Å². The quantitative estimate of drug-likeness (QED) is 0.703. The molecular formula is C16H12ClNO4S2. The molecule has 2 N–H and O–H groups in total. The number of anilines is 1. The van der Waals surface area contributed by atoms with Crippen LogP contribution in [0.3, 0.4) is 0 Å². The van der Waals surface area contributed by atoms with Gasteiger partial charge >= 0.3 is 5.97 Å². The van der Waals surface area contributed by atoms with Gasteiger partial charge < -0.3 is 5.11 Å². The van der Waals surface area contributed by atoms with Crippen molar-refractivity contribution >= 4 is 54.7 Å². The van der Waals surface area contributed by atoms with Gasteiger partial charge in [0.25, 0.3) is 10.0 Å². The average molecular weight is 382 g/mol.